The van der Waals surface area contributed by atoms with Gasteiger partial charge < -0.3 is 14.2 Å². The van der Waals surface area contributed by atoms with Gasteiger partial charge >= 0.3 is 0 Å². The highest BCUT2D eigenvalue weighted by Crippen LogP contribution is 2.33. The summed E-state index contributed by atoms with van der Waals surface area (Å²) in [7, 11) is 2.06. The fourth-order valence-electron chi connectivity index (χ4n) is 4.19. The van der Waals surface area contributed by atoms with E-state index >= 15 is 0 Å². The first-order valence-electron chi connectivity index (χ1n) is 9.34. The molecular weight excluding hydrogens is 312 g/mol. The number of ether oxygens (including phenoxy) is 1. The van der Waals surface area contributed by atoms with Crippen molar-refractivity contribution in [2.75, 3.05) is 19.8 Å². The molecule has 0 bridgehead atoms. The van der Waals surface area contributed by atoms with E-state index in [0.29, 0.717) is 5.92 Å². The molecule has 1 aromatic heterocycles. The maximum Gasteiger partial charge on any atom is 0.254 e. The fraction of sp³-hybridized carbons (Fsp3) is 0.476. The van der Waals surface area contributed by atoms with Crippen molar-refractivity contribution in [3.63, 3.8) is 0 Å². The van der Waals surface area contributed by atoms with E-state index in [0.717, 1.165) is 44.6 Å². The summed E-state index contributed by atoms with van der Waals surface area (Å²) in [5.41, 5.74) is 3.27. The van der Waals surface area contributed by atoms with Crippen LogP contribution in [0, 0.1) is 0 Å². The minimum atomic E-state index is 0.159. The molecule has 4 heteroatoms. The fourth-order valence-corrected chi connectivity index (χ4v) is 4.19. The zero-order chi connectivity index (χ0) is 17.2. The largest absolute Gasteiger partial charge is 0.381 e. The lowest BCUT2D eigenvalue weighted by Crippen LogP contribution is -2.39. The first-order chi connectivity index (χ1) is 12.2. The molecule has 1 aromatic carbocycles. The summed E-state index contributed by atoms with van der Waals surface area (Å²) >= 11 is 0. The molecule has 132 valence electrons. The predicted molar refractivity (Wildman–Crippen MR) is 97.7 cm³/mol. The number of hydrogen-bond acceptors (Lipinski definition) is 2. The third-order valence-corrected chi connectivity index (χ3v) is 5.62. The highest BCUT2D eigenvalue weighted by Gasteiger charge is 2.30. The van der Waals surface area contributed by atoms with Gasteiger partial charge in [-0.3, -0.25) is 4.79 Å². The van der Waals surface area contributed by atoms with Gasteiger partial charge in [-0.15, -0.1) is 0 Å². The van der Waals surface area contributed by atoms with Crippen molar-refractivity contribution in [3.05, 3.63) is 59.4 Å². The number of piperidine rings is 1. The van der Waals surface area contributed by atoms with Crippen LogP contribution >= 0.6 is 0 Å². The molecule has 2 aliphatic rings. The van der Waals surface area contributed by atoms with Crippen molar-refractivity contribution in [3.8, 4) is 0 Å². The maximum absolute atomic E-state index is 13.3. The van der Waals surface area contributed by atoms with Crippen LogP contribution in [-0.2, 0) is 11.8 Å². The summed E-state index contributed by atoms with van der Waals surface area (Å²) in [5.74, 6) is 0.587. The number of nitrogens with zero attached hydrogens (tertiary/aromatic N) is 2. The van der Waals surface area contributed by atoms with E-state index < -0.39 is 0 Å². The second-order valence-corrected chi connectivity index (χ2v) is 7.24. The minimum Gasteiger partial charge on any atom is -0.381 e. The lowest BCUT2D eigenvalue weighted by Gasteiger charge is -2.36. The number of carbonyl (C=O) groups is 1. The predicted octanol–water partition coefficient (Wildman–Crippen LogP) is 3.90. The van der Waals surface area contributed by atoms with E-state index in [1.165, 1.54) is 17.7 Å². The molecule has 2 aromatic rings. The Morgan fingerprint density at radius 3 is 2.84 bits per heavy atom. The number of aromatic nitrogens is 1. The smallest absolute Gasteiger partial charge is 0.254 e. The van der Waals surface area contributed by atoms with E-state index in [4.69, 9.17) is 4.74 Å². The molecule has 0 unspecified atom stereocenters. The van der Waals surface area contributed by atoms with Crippen molar-refractivity contribution in [1.29, 1.82) is 0 Å². The van der Waals surface area contributed by atoms with Gasteiger partial charge in [-0.2, -0.15) is 0 Å². The van der Waals surface area contributed by atoms with Gasteiger partial charge in [-0.1, -0.05) is 12.1 Å². The zero-order valence-corrected chi connectivity index (χ0v) is 14.9. The average Bonchev–Trinajstić information content (AvgIpc) is 3.33. The van der Waals surface area contributed by atoms with Crippen molar-refractivity contribution >= 4 is 5.91 Å². The molecule has 25 heavy (non-hydrogen) atoms. The SMILES string of the molecule is Cn1cccc1[C@H]1CCCCN1C(=O)c1cccc([C@H]2CCOC2)c1. The lowest BCUT2D eigenvalue weighted by atomic mass is 9.95. The average molecular weight is 338 g/mol. The lowest BCUT2D eigenvalue weighted by molar-refractivity contribution is 0.0602. The van der Waals surface area contributed by atoms with Gasteiger partial charge in [0.2, 0.25) is 0 Å². The normalized spacial score (nSPS) is 23.8. The molecule has 4 rings (SSSR count). The van der Waals surface area contributed by atoms with Gasteiger partial charge in [0.25, 0.3) is 5.91 Å². The summed E-state index contributed by atoms with van der Waals surface area (Å²) in [4.78, 5) is 15.3. The van der Waals surface area contributed by atoms with E-state index in [9.17, 15) is 4.79 Å². The quantitative estimate of drug-likeness (QED) is 0.851. The topological polar surface area (TPSA) is 34.5 Å². The summed E-state index contributed by atoms with van der Waals surface area (Å²) < 4.78 is 7.65. The summed E-state index contributed by atoms with van der Waals surface area (Å²) in [6, 6.07) is 12.6. The number of carbonyl (C=O) groups excluding carboxylic acids is 1. The van der Waals surface area contributed by atoms with Crippen molar-refractivity contribution < 1.29 is 9.53 Å². The molecular formula is C21H26N2O2. The highest BCUT2D eigenvalue weighted by molar-refractivity contribution is 5.94. The summed E-state index contributed by atoms with van der Waals surface area (Å²) in [5, 5.41) is 0. The molecule has 2 aliphatic heterocycles. The number of hydrogen-bond donors (Lipinski definition) is 0. The first-order valence-corrected chi connectivity index (χ1v) is 9.34. The van der Waals surface area contributed by atoms with Gasteiger partial charge in [0.05, 0.1) is 12.6 Å². The van der Waals surface area contributed by atoms with Crippen molar-refractivity contribution in [2.24, 2.45) is 7.05 Å². The van der Waals surface area contributed by atoms with Gasteiger partial charge in [0.15, 0.2) is 0 Å². The van der Waals surface area contributed by atoms with E-state index in [2.05, 4.69) is 47.0 Å². The molecule has 0 radical (unpaired) electrons. The molecule has 4 nitrogen and oxygen atoms in total. The van der Waals surface area contributed by atoms with E-state index in [-0.39, 0.29) is 11.9 Å². The summed E-state index contributed by atoms with van der Waals surface area (Å²) in [6.07, 6.45) is 6.42. The number of aryl methyl sites for hydroxylation is 1. The number of benzene rings is 1. The summed E-state index contributed by atoms with van der Waals surface area (Å²) in [6.45, 7) is 2.43. The van der Waals surface area contributed by atoms with E-state index in [1.54, 1.807) is 0 Å². The van der Waals surface area contributed by atoms with Gasteiger partial charge in [-0.05, 0) is 55.5 Å². The number of rotatable bonds is 3. The Morgan fingerprint density at radius 1 is 1.16 bits per heavy atom. The molecule has 2 atom stereocenters. The van der Waals surface area contributed by atoms with E-state index in [1.807, 2.05) is 12.1 Å². The molecule has 0 spiro atoms. The van der Waals surface area contributed by atoms with Crippen LogP contribution in [0.4, 0.5) is 0 Å². The van der Waals surface area contributed by atoms with Crippen LogP contribution in [0.15, 0.2) is 42.6 Å². The Balaban J connectivity index is 1.60. The van der Waals surface area contributed by atoms with Crippen molar-refractivity contribution in [1.82, 2.24) is 9.47 Å². The maximum atomic E-state index is 13.3. The Morgan fingerprint density at radius 2 is 2.08 bits per heavy atom. The molecule has 2 fully saturated rings. The zero-order valence-electron chi connectivity index (χ0n) is 14.9. The Labute approximate surface area is 149 Å². The van der Waals surface area contributed by atoms with Gasteiger partial charge in [0.1, 0.15) is 0 Å². The van der Waals surface area contributed by atoms with Gasteiger partial charge in [0, 0.05) is 43.6 Å². The van der Waals surface area contributed by atoms with Crippen molar-refractivity contribution in [2.45, 2.75) is 37.6 Å². The van der Waals surface area contributed by atoms with Crippen LogP contribution in [-0.4, -0.2) is 35.1 Å². The standard InChI is InChI=1S/C21H26N2O2/c1-22-11-5-9-19(22)20-8-2-3-12-23(20)21(24)17-7-4-6-16(14-17)18-10-13-25-15-18/h4-7,9,11,14,18,20H,2-3,8,10,12-13,15H2,1H3/t18-,20+/m0/s1. The third-order valence-electron chi connectivity index (χ3n) is 5.62. The highest BCUT2D eigenvalue weighted by atomic mass is 16.5. The molecule has 2 saturated heterocycles. The van der Waals surface area contributed by atoms with Crippen LogP contribution in [0.25, 0.3) is 0 Å². The second kappa shape index (κ2) is 7.04. The molecule has 3 heterocycles. The van der Waals surface area contributed by atoms with Crippen LogP contribution < -0.4 is 0 Å². The first kappa shape index (κ1) is 16.4. The molecule has 0 saturated carbocycles. The third kappa shape index (κ3) is 3.23. The number of amides is 1. The Kier molecular flexibility index (Phi) is 4.62. The van der Waals surface area contributed by atoms with Crippen LogP contribution in [0.1, 0.15) is 59.3 Å². The Bertz CT molecular complexity index is 746. The minimum absolute atomic E-state index is 0.159. The molecule has 1 amide bonds. The van der Waals surface area contributed by atoms with Crippen LogP contribution in [0.5, 0.6) is 0 Å². The van der Waals surface area contributed by atoms with Crippen LogP contribution in [0.2, 0.25) is 0 Å². The van der Waals surface area contributed by atoms with Crippen LogP contribution in [0.3, 0.4) is 0 Å². The number of likely N-dealkylation sites (tertiary alicyclic amines) is 1. The second-order valence-electron chi connectivity index (χ2n) is 7.24. The molecule has 0 N–H and O–H groups in total. The Hall–Kier alpha value is -2.07. The monoisotopic (exact) mass is 338 g/mol. The molecule has 0 aliphatic carbocycles. The van der Waals surface area contributed by atoms with Gasteiger partial charge in [-0.25, -0.2) is 0 Å².